The van der Waals surface area contributed by atoms with Crippen molar-refractivity contribution in [2.45, 2.75) is 20.3 Å². The van der Waals surface area contributed by atoms with Gasteiger partial charge in [0.2, 0.25) is 11.6 Å². The molecule has 0 fully saturated rings. The van der Waals surface area contributed by atoms with Gasteiger partial charge in [-0.1, -0.05) is 30.9 Å². The number of pyridine rings is 2. The average Bonchev–Trinajstić information content (AvgIpc) is 2.96. The number of hydrogen-bond acceptors (Lipinski definition) is 4. The van der Waals surface area contributed by atoms with Crippen LogP contribution in [-0.2, 0) is 6.42 Å². The van der Waals surface area contributed by atoms with E-state index in [-0.39, 0.29) is 22.6 Å². The second-order valence-electron chi connectivity index (χ2n) is 8.01. The monoisotopic (exact) mass is 532 g/mol. The Bertz CT molecular complexity index is 1560. The van der Waals surface area contributed by atoms with Crippen LogP contribution in [0.5, 0.6) is 11.5 Å². The van der Waals surface area contributed by atoms with Crippen molar-refractivity contribution in [2.75, 3.05) is 14.2 Å². The fourth-order valence-corrected chi connectivity index (χ4v) is 3.08. The Morgan fingerprint density at radius 2 is 1.10 bits per heavy atom. The molecule has 4 aromatic rings. The number of aryl methyl sites for hydroxylation is 2. The summed E-state index contributed by atoms with van der Waals surface area (Å²) in [6.07, 6.45) is 4.27. The van der Waals surface area contributed by atoms with Crippen LogP contribution in [0.15, 0.2) is 60.9 Å². The highest BCUT2D eigenvalue weighted by molar-refractivity contribution is 5.45. The van der Waals surface area contributed by atoms with E-state index in [0.717, 1.165) is 17.5 Å². The van der Waals surface area contributed by atoms with Gasteiger partial charge in [0.25, 0.3) is 0 Å². The van der Waals surface area contributed by atoms with Crippen LogP contribution < -0.4 is 9.47 Å². The number of rotatable bonds is 3. The van der Waals surface area contributed by atoms with Crippen LogP contribution in [0.1, 0.15) is 40.6 Å². The molecule has 0 bridgehead atoms. The second kappa shape index (κ2) is 13.6. The maximum absolute atomic E-state index is 13.7. The summed E-state index contributed by atoms with van der Waals surface area (Å²) in [5.74, 6) is 6.15. The van der Waals surface area contributed by atoms with Crippen LogP contribution >= 0.6 is 0 Å². The molecule has 0 saturated carbocycles. The van der Waals surface area contributed by atoms with Crippen LogP contribution in [0, 0.1) is 53.9 Å². The largest absolute Gasteiger partial charge is 0.494 e. The Balaban J connectivity index is 0.000000216. The highest BCUT2D eigenvalue weighted by atomic mass is 19.2. The van der Waals surface area contributed by atoms with Crippen LogP contribution in [-0.4, -0.2) is 24.2 Å². The SMILES string of the molecule is CCc1ccc(C#Cc2ccc(OC)c(F)c2F)nc1.COc1ccc(C#Cc2ccc(C)cn2)c(F)c1F. The molecule has 0 radical (unpaired) electrons. The van der Waals surface area contributed by atoms with Crippen molar-refractivity contribution in [2.24, 2.45) is 0 Å². The van der Waals surface area contributed by atoms with Crippen molar-refractivity contribution in [3.8, 4) is 35.2 Å². The first-order valence-electron chi connectivity index (χ1n) is 11.7. The van der Waals surface area contributed by atoms with Gasteiger partial charge in [-0.25, -0.2) is 18.7 Å². The van der Waals surface area contributed by atoms with Crippen molar-refractivity contribution in [1.82, 2.24) is 9.97 Å². The normalized spacial score (nSPS) is 9.74. The standard InChI is InChI=1S/C16H13F2NO.C15H11F2NO/c1-3-11-4-7-13(19-10-11)8-5-12-6-9-14(20-2)16(18)15(12)17;1-10-3-6-12(18-9-10)7-4-11-5-8-13(19-2)15(17)14(11)16/h4,6-7,9-10H,3H2,1-2H3;3,5-6,8-9H,1-2H3. The number of methoxy groups -OCH3 is 2. The summed E-state index contributed by atoms with van der Waals surface area (Å²) in [4.78, 5) is 8.20. The fourth-order valence-electron chi connectivity index (χ4n) is 3.08. The van der Waals surface area contributed by atoms with E-state index in [9.17, 15) is 17.6 Å². The molecule has 39 heavy (non-hydrogen) atoms. The Kier molecular flexibility index (Phi) is 10.1. The summed E-state index contributed by atoms with van der Waals surface area (Å²) >= 11 is 0. The fraction of sp³-hybridized carbons (Fsp3) is 0.161. The third-order valence-corrected chi connectivity index (χ3v) is 5.33. The van der Waals surface area contributed by atoms with Gasteiger partial charge in [0, 0.05) is 12.4 Å². The van der Waals surface area contributed by atoms with Gasteiger partial charge < -0.3 is 9.47 Å². The quantitative estimate of drug-likeness (QED) is 0.226. The average molecular weight is 533 g/mol. The summed E-state index contributed by atoms with van der Waals surface area (Å²) in [6.45, 7) is 3.93. The van der Waals surface area contributed by atoms with Crippen molar-refractivity contribution >= 4 is 0 Å². The van der Waals surface area contributed by atoms with E-state index in [1.165, 1.54) is 38.5 Å². The van der Waals surface area contributed by atoms with E-state index in [4.69, 9.17) is 4.74 Å². The molecule has 2 aromatic carbocycles. The van der Waals surface area contributed by atoms with Crippen molar-refractivity contribution in [3.63, 3.8) is 0 Å². The van der Waals surface area contributed by atoms with Gasteiger partial charge in [-0.05, 0) is 72.7 Å². The number of ether oxygens (including phenoxy) is 2. The number of aromatic nitrogens is 2. The second-order valence-corrected chi connectivity index (χ2v) is 8.01. The van der Waals surface area contributed by atoms with Gasteiger partial charge >= 0.3 is 0 Å². The highest BCUT2D eigenvalue weighted by Gasteiger charge is 2.13. The maximum Gasteiger partial charge on any atom is 0.201 e. The van der Waals surface area contributed by atoms with Crippen LogP contribution in [0.3, 0.4) is 0 Å². The molecule has 8 heteroatoms. The van der Waals surface area contributed by atoms with Gasteiger partial charge in [-0.15, -0.1) is 0 Å². The summed E-state index contributed by atoms with van der Waals surface area (Å²) in [5, 5.41) is 0. The molecular weight excluding hydrogens is 508 g/mol. The third-order valence-electron chi connectivity index (χ3n) is 5.33. The first-order chi connectivity index (χ1) is 18.8. The van der Waals surface area contributed by atoms with Crippen LogP contribution in [0.25, 0.3) is 0 Å². The molecule has 4 rings (SSSR count). The summed E-state index contributed by atoms with van der Waals surface area (Å²) in [5.41, 5.74) is 3.06. The van der Waals surface area contributed by atoms with Crippen LogP contribution in [0.4, 0.5) is 17.6 Å². The minimum atomic E-state index is -1.04. The molecule has 0 atom stereocenters. The van der Waals surface area contributed by atoms with Crippen molar-refractivity contribution in [1.29, 1.82) is 0 Å². The summed E-state index contributed by atoms with van der Waals surface area (Å²) in [6, 6.07) is 12.7. The molecule has 2 heterocycles. The molecule has 4 nitrogen and oxygen atoms in total. The lowest BCUT2D eigenvalue weighted by Crippen LogP contribution is -1.95. The smallest absolute Gasteiger partial charge is 0.201 e. The van der Waals surface area contributed by atoms with E-state index in [2.05, 4.69) is 38.4 Å². The summed E-state index contributed by atoms with van der Waals surface area (Å²) < 4.78 is 63.7. The Morgan fingerprint density at radius 3 is 1.49 bits per heavy atom. The van der Waals surface area contributed by atoms with E-state index >= 15 is 0 Å². The molecule has 198 valence electrons. The number of halogens is 4. The van der Waals surface area contributed by atoms with Gasteiger partial charge in [-0.3, -0.25) is 0 Å². The Labute approximate surface area is 224 Å². The van der Waals surface area contributed by atoms with Gasteiger partial charge in [0.15, 0.2) is 23.1 Å². The van der Waals surface area contributed by atoms with Gasteiger partial charge in [-0.2, -0.15) is 8.78 Å². The van der Waals surface area contributed by atoms with Crippen molar-refractivity contribution < 1.29 is 27.0 Å². The predicted molar refractivity (Wildman–Crippen MR) is 140 cm³/mol. The molecule has 0 saturated heterocycles. The molecule has 0 aliphatic rings. The zero-order chi connectivity index (χ0) is 28.4. The van der Waals surface area contributed by atoms with Crippen molar-refractivity contribution in [3.05, 3.63) is 118 Å². The van der Waals surface area contributed by atoms with E-state index in [0.29, 0.717) is 11.4 Å². The Morgan fingerprint density at radius 1 is 0.615 bits per heavy atom. The lowest BCUT2D eigenvalue weighted by atomic mass is 10.2. The number of benzene rings is 2. The molecule has 0 unspecified atom stereocenters. The molecule has 2 aromatic heterocycles. The third kappa shape index (κ3) is 7.59. The maximum atomic E-state index is 13.7. The number of nitrogens with zero attached hydrogens (tertiary/aromatic N) is 2. The zero-order valence-corrected chi connectivity index (χ0v) is 21.7. The minimum absolute atomic E-state index is 0.0235. The number of hydrogen-bond donors (Lipinski definition) is 0. The lowest BCUT2D eigenvalue weighted by molar-refractivity contribution is 0.371. The highest BCUT2D eigenvalue weighted by Crippen LogP contribution is 2.22. The molecule has 0 amide bonds. The molecular formula is C31H24F4N2O2. The van der Waals surface area contributed by atoms with E-state index in [1.807, 2.05) is 26.0 Å². The van der Waals surface area contributed by atoms with Gasteiger partial charge in [0.1, 0.15) is 11.4 Å². The molecule has 0 aliphatic carbocycles. The summed E-state index contributed by atoms with van der Waals surface area (Å²) in [7, 11) is 2.56. The van der Waals surface area contributed by atoms with E-state index in [1.54, 1.807) is 24.5 Å². The Hall–Kier alpha value is -4.82. The lowest BCUT2D eigenvalue weighted by Gasteiger charge is -2.03. The molecule has 0 N–H and O–H groups in total. The zero-order valence-electron chi connectivity index (χ0n) is 21.7. The predicted octanol–water partition coefficient (Wildman–Crippen LogP) is 6.41. The van der Waals surface area contributed by atoms with Gasteiger partial charge in [0.05, 0.1) is 25.3 Å². The molecule has 0 spiro atoms. The topological polar surface area (TPSA) is 44.2 Å². The first kappa shape index (κ1) is 28.7. The van der Waals surface area contributed by atoms with Crippen LogP contribution in [0.2, 0.25) is 0 Å². The molecule has 0 aliphatic heterocycles. The van der Waals surface area contributed by atoms with E-state index < -0.39 is 23.3 Å². The first-order valence-corrected chi connectivity index (χ1v) is 11.7. The minimum Gasteiger partial charge on any atom is -0.494 e.